The van der Waals surface area contributed by atoms with E-state index in [0.29, 0.717) is 31.1 Å². The summed E-state index contributed by atoms with van der Waals surface area (Å²) in [5.41, 5.74) is 9.15. The highest BCUT2D eigenvalue weighted by Crippen LogP contribution is 2.69. The van der Waals surface area contributed by atoms with Gasteiger partial charge in [-0.2, -0.15) is 0 Å². The normalized spacial score (nSPS) is 24.2. The molecule has 550 valence electrons. The number of pyridine rings is 2. The van der Waals surface area contributed by atoms with Gasteiger partial charge < -0.3 is 39.4 Å². The van der Waals surface area contributed by atoms with E-state index in [0.717, 1.165) is 106 Å². The molecule has 12 nitrogen and oxygen atoms in total. The first-order chi connectivity index (χ1) is 58.1. The largest absolute Gasteiger partial charge is 0.382 e. The SMILES string of the molecule is C=C1CCC2=CC3=CC[C@]4(C)C(C(=O)Nc5cccnc5)=CC[C@H]4C34CC[C@]2(C1)O4.CC.CN(C)C.CN(C)[C@H]1CCC2=CC3=CC[C@]4(C)C(C(=O)Nc5cccnc5)=CC[C@H]4C34CC[C@]2(C1)O4.COCCOC.[B]B([B])B(B([B])[B])B(B([B])[B])B(B(B([B])[B])B([B])[B])B(B(B(B([B])[B])B([B])[B])B(B([B])[B])B([B])[B])B(B(B([B])[B])B([B])[B])B(B([B])[B])B([B])[B]. The van der Waals surface area contributed by atoms with Crippen molar-refractivity contribution in [2.45, 2.75) is 146 Å². The Morgan fingerprint density at radius 1 is 0.460 bits per heavy atom. The quantitative estimate of drug-likeness (QED) is 0.0428. The molecule has 2 saturated heterocycles. The second-order valence-corrected chi connectivity index (χ2v) is 37.0. The van der Waals surface area contributed by atoms with Crippen molar-refractivity contribution in [3.8, 4) is 0 Å². The smallest absolute Gasteiger partial charge is 0.251 e. The molecule has 4 bridgehead atoms. The molecule has 4 spiro atoms. The highest BCUT2D eigenvalue weighted by atomic mass is 16.5. The first kappa shape index (κ1) is 109. The molecule has 2 aromatic rings. The molecule has 2 aromatic heterocycles. The number of ether oxygens (including phenoxy) is 4. The Kier molecular flexibility index (Phi) is 42.0. The zero-order valence-corrected chi connectivity index (χ0v) is 75.4. The third kappa shape index (κ3) is 24.4. The highest BCUT2D eigenvalue weighted by molar-refractivity contribution is 8.35. The molecule has 2 unspecified atom stereocenters. The summed E-state index contributed by atoms with van der Waals surface area (Å²) in [4.78, 5) is 39.1. The maximum Gasteiger partial charge on any atom is 0.251 e. The van der Waals surface area contributed by atoms with Gasteiger partial charge in [0.15, 0.2) is 0 Å². The number of amides is 2. The molecule has 62 heteroatoms. The number of carbonyl (C=O) groups excluding carboxylic acids is 2. The van der Waals surface area contributed by atoms with Crippen molar-refractivity contribution < 1.29 is 28.5 Å². The molecule has 2 amide bonds. The molecule has 12 rings (SSSR count). The molecule has 52 radical (unpaired) electrons. The van der Waals surface area contributed by atoms with E-state index in [4.69, 9.17) is 211 Å². The zero-order chi connectivity index (χ0) is 93.0. The van der Waals surface area contributed by atoms with Crippen LogP contribution in [0.15, 0.2) is 131 Å². The van der Waals surface area contributed by atoms with E-state index in [-0.39, 0.29) is 45.0 Å². The minimum atomic E-state index is -1.39. The number of allylic oxidation sites excluding steroid dienone is 4. The first-order valence-electron chi connectivity index (χ1n) is 43.8. The monoisotopic (exact) mass is 1560 g/mol. The van der Waals surface area contributed by atoms with Gasteiger partial charge in [0.2, 0.25) is 0 Å². The van der Waals surface area contributed by atoms with Crippen molar-refractivity contribution >= 4 is 378 Å². The molecular weight excluding hydrogens is 1470 g/mol. The minimum Gasteiger partial charge on any atom is -0.382 e. The number of rotatable bonds is 31. The average Bonchev–Trinajstić information content (AvgIpc) is 1.52. The van der Waals surface area contributed by atoms with Crippen LogP contribution in [-0.4, -0.2) is 477 Å². The third-order valence-electron chi connectivity index (χ3n) is 28.2. The van der Waals surface area contributed by atoms with Crippen LogP contribution < -0.4 is 10.6 Å². The molecule has 6 aliphatic carbocycles. The molecule has 4 aliphatic heterocycles. The lowest BCUT2D eigenvalue weighted by Crippen LogP contribution is -2.95. The van der Waals surface area contributed by atoms with Crippen molar-refractivity contribution in [2.24, 2.45) is 22.7 Å². The summed E-state index contributed by atoms with van der Waals surface area (Å²) in [6.07, 6.45) is 4.26. The minimum absolute atomic E-state index is 0.00124. The number of carbonyl (C=O) groups is 2. The number of aromatic nitrogens is 2. The molecule has 0 aromatic carbocycles. The molecule has 10 aliphatic rings. The van der Waals surface area contributed by atoms with E-state index in [9.17, 15) is 9.59 Å². The summed E-state index contributed by atoms with van der Waals surface area (Å²) in [5, 5.41) is 6.12. The van der Waals surface area contributed by atoms with Crippen LogP contribution in [0.4, 0.5) is 11.4 Å². The fourth-order valence-electron chi connectivity index (χ4n) is 22.9. The van der Waals surface area contributed by atoms with Gasteiger partial charge in [-0.05, 0) is 165 Å². The second kappa shape index (κ2) is 47.6. The predicted molar refractivity (Wildman–Crippen MR) is 584 cm³/mol. The lowest BCUT2D eigenvalue weighted by atomic mass is 8.24. The lowest BCUT2D eigenvalue weighted by molar-refractivity contribution is -0.137. The van der Waals surface area contributed by atoms with Crippen LogP contribution >= 0.6 is 0 Å². The van der Waals surface area contributed by atoms with Crippen molar-refractivity contribution in [1.29, 1.82) is 0 Å². The number of nitrogens with zero attached hydrogens (tertiary/aromatic N) is 4. The number of nitrogens with one attached hydrogen (secondary N) is 2. The van der Waals surface area contributed by atoms with Gasteiger partial charge in [0.1, 0.15) is 0 Å². The van der Waals surface area contributed by atoms with Crippen molar-refractivity contribution in [1.82, 2.24) is 19.8 Å². The number of hydrogen-bond donors (Lipinski definition) is 2. The number of anilines is 2. The number of hydrogen-bond acceptors (Lipinski definition) is 10. The van der Waals surface area contributed by atoms with E-state index >= 15 is 0 Å². The first-order valence-corrected chi connectivity index (χ1v) is 43.8. The molecule has 4 fully saturated rings. The van der Waals surface area contributed by atoms with Gasteiger partial charge >= 0.3 is 0 Å². The van der Waals surface area contributed by atoms with Crippen LogP contribution in [0.5, 0.6) is 0 Å². The standard InChI is InChI=1S/C27H33N3O2.C26H28N2O2.C4H10O2.C3H9N.C2H6.B50/c1-25-11-10-19-15-18-6-7-21(30(2)3)16-26(18)12-13-27(19,32-26)23(25)9-8-22(25)24(31)29-20-5-4-14-28-17-20;1-17-5-6-18-14-19-9-10-24(2)21(23(29)28-20-4-3-13-27-16-20)7-8-22(24)26(19)12-11-25(18,15-17)30-26;1-5-3-4-6-2;1-4(2)3;1-2;1-27(2)40(28(3)4)46(39(25)26)49(45(37(21)22)38(23)24)50(47(41(29(5)6)30(7)8)42(31(9)10)32(11)12)48(43(33(13)14)34(15)16)44(35(17)18)36(19)20/h4-5,8,10,14-15,17,21,23H,6-7,9,11-13,16H2,1-3H3,(H,29,31);3-4,7,9,13-14,16,22H,1,5-6,8,10-12,15H2,2H3,(H,28,29);3-4H2,1-2H3;1-3H3;1-2H3;/t21-,23+,25+,26+,27?;22-,24-,25-,26?;;;;/m01..../s1. The van der Waals surface area contributed by atoms with Gasteiger partial charge in [-0.1, -0.05) is 76.3 Å². The van der Waals surface area contributed by atoms with E-state index in [1.165, 1.54) is 34.3 Å². The summed E-state index contributed by atoms with van der Waals surface area (Å²) in [5.74, 6) is 0.599. The summed E-state index contributed by atoms with van der Waals surface area (Å²) in [6, 6.07) is 8.03. The number of methoxy groups -OCH3 is 2. The molecule has 9 atom stereocenters. The summed E-state index contributed by atoms with van der Waals surface area (Å²) in [6.45, 7) is 14.2. The molecule has 6 heterocycles. The maximum absolute atomic E-state index is 13.3. The topological polar surface area (TPSA) is 127 Å². The maximum atomic E-state index is 13.3. The fraction of sp³-hybridized carbons (Fsp3) is 0.581. The third-order valence-corrected chi connectivity index (χ3v) is 28.2. The van der Waals surface area contributed by atoms with Crippen LogP contribution in [0.1, 0.15) is 118 Å². The van der Waals surface area contributed by atoms with Gasteiger partial charge in [-0.3, -0.25) is 19.6 Å². The second-order valence-electron chi connectivity index (χ2n) is 37.0. The number of fused-ring (bicyclic) bond motifs is 2. The Balaban J connectivity index is 0.000000246. The molecule has 2 N–H and O–H groups in total. The average molecular weight is 1550 g/mol. The van der Waals surface area contributed by atoms with Gasteiger partial charge in [0, 0.05) is 427 Å². The Hall–Kier alpha value is -1.57. The lowest BCUT2D eigenvalue weighted by Gasteiger charge is -2.57. The van der Waals surface area contributed by atoms with E-state index in [2.05, 4.69) is 106 Å². The predicted octanol–water partition coefficient (Wildman–Crippen LogP) is -7.64. The van der Waals surface area contributed by atoms with Crippen LogP contribution in [0.3, 0.4) is 0 Å². The summed E-state index contributed by atoms with van der Waals surface area (Å²) >= 11 is 0. The van der Waals surface area contributed by atoms with Crippen molar-refractivity contribution in [3.63, 3.8) is 0 Å². The van der Waals surface area contributed by atoms with Crippen molar-refractivity contribution in [3.05, 3.63) is 131 Å². The van der Waals surface area contributed by atoms with Crippen LogP contribution in [0.25, 0.3) is 0 Å². The summed E-state index contributed by atoms with van der Waals surface area (Å²) < 4.78 is 23.7. The highest BCUT2D eigenvalue weighted by Gasteiger charge is 2.69. The fourth-order valence-corrected chi connectivity index (χ4v) is 22.9. The Bertz CT molecular complexity index is 3860. The van der Waals surface area contributed by atoms with Crippen LogP contribution in [0.2, 0.25) is 0 Å². The molecular formula is C62H86B50N6O6. The van der Waals surface area contributed by atoms with Gasteiger partial charge in [0.25, 0.3) is 11.8 Å². The van der Waals surface area contributed by atoms with Crippen LogP contribution in [-0.2, 0) is 28.5 Å². The zero-order valence-electron chi connectivity index (χ0n) is 75.4. The van der Waals surface area contributed by atoms with E-state index in [1.807, 2.05) is 64.2 Å². The Morgan fingerprint density at radius 3 is 1.10 bits per heavy atom. The summed E-state index contributed by atoms with van der Waals surface area (Å²) in [7, 11) is 181. The van der Waals surface area contributed by atoms with E-state index < -0.39 is 153 Å². The van der Waals surface area contributed by atoms with Gasteiger partial charge in [-0.15, -0.1) is 0 Å². The Morgan fingerprint density at radius 2 is 0.774 bits per heavy atom. The van der Waals surface area contributed by atoms with Crippen molar-refractivity contribution in [2.75, 3.05) is 73.3 Å². The van der Waals surface area contributed by atoms with Gasteiger partial charge in [-0.25, -0.2) is 0 Å². The van der Waals surface area contributed by atoms with Gasteiger partial charge in [0.05, 0.1) is 59.4 Å². The molecule has 124 heavy (non-hydrogen) atoms. The molecule has 2 saturated carbocycles. The van der Waals surface area contributed by atoms with Crippen LogP contribution in [0, 0.1) is 22.7 Å². The Labute approximate surface area is 792 Å². The van der Waals surface area contributed by atoms with E-state index in [1.54, 1.807) is 39.0 Å².